The van der Waals surface area contributed by atoms with Crippen LogP contribution in [0, 0.1) is 0 Å². The van der Waals surface area contributed by atoms with Gasteiger partial charge in [-0.2, -0.15) is 0 Å². The fourth-order valence-corrected chi connectivity index (χ4v) is 3.01. The van der Waals surface area contributed by atoms with Crippen LogP contribution in [0.4, 0.5) is 11.6 Å². The number of thiocarbonyl (C=S) groups is 1. The zero-order valence-corrected chi connectivity index (χ0v) is 16.6. The van der Waals surface area contributed by atoms with Crippen molar-refractivity contribution >= 4 is 58.0 Å². The van der Waals surface area contributed by atoms with E-state index in [0.717, 1.165) is 5.56 Å². The molecule has 27 heavy (non-hydrogen) atoms. The molecule has 0 radical (unpaired) electrons. The highest BCUT2D eigenvalue weighted by Gasteiger charge is 2.07. The maximum Gasteiger partial charge on any atom is 0.248 e. The van der Waals surface area contributed by atoms with Crippen molar-refractivity contribution in [2.24, 2.45) is 0 Å². The van der Waals surface area contributed by atoms with Gasteiger partial charge in [0.2, 0.25) is 5.95 Å². The minimum absolute atomic E-state index is 0.0150. The first-order chi connectivity index (χ1) is 12.9. The monoisotopic (exact) mass is 419 g/mol. The molecule has 0 saturated heterocycles. The Morgan fingerprint density at radius 2 is 2.00 bits per heavy atom. The van der Waals surface area contributed by atoms with Gasteiger partial charge in [0.25, 0.3) is 0 Å². The van der Waals surface area contributed by atoms with E-state index in [4.69, 9.17) is 35.4 Å². The second-order valence-electron chi connectivity index (χ2n) is 5.72. The van der Waals surface area contributed by atoms with Gasteiger partial charge >= 0.3 is 0 Å². The molecule has 3 aromatic rings. The summed E-state index contributed by atoms with van der Waals surface area (Å²) in [7, 11) is 0. The summed E-state index contributed by atoms with van der Waals surface area (Å²) in [6, 6.07) is 12.4. The molecule has 0 unspecified atom stereocenters. The predicted molar refractivity (Wildman–Crippen MR) is 112 cm³/mol. The topological polar surface area (TPSA) is 71.8 Å². The third kappa shape index (κ3) is 5.26. The number of aromatic nitrogens is 3. The van der Waals surface area contributed by atoms with E-state index in [0.29, 0.717) is 38.9 Å². The molecule has 1 heterocycles. The maximum atomic E-state index is 11.5. The third-order valence-corrected chi connectivity index (χ3v) is 4.43. The number of halogens is 2. The summed E-state index contributed by atoms with van der Waals surface area (Å²) in [6.45, 7) is 1.96. The Morgan fingerprint density at radius 3 is 2.74 bits per heavy atom. The number of hydrogen-bond donors (Lipinski definition) is 2. The quantitative estimate of drug-likeness (QED) is 0.463. The molecule has 0 bridgehead atoms. The maximum absolute atomic E-state index is 11.5. The van der Waals surface area contributed by atoms with Crippen molar-refractivity contribution in [1.29, 1.82) is 0 Å². The van der Waals surface area contributed by atoms with Crippen molar-refractivity contribution in [3.05, 3.63) is 70.0 Å². The molecule has 0 aliphatic rings. The minimum atomic E-state index is -0.0150. The van der Waals surface area contributed by atoms with Crippen LogP contribution < -0.4 is 10.6 Å². The van der Waals surface area contributed by atoms with Gasteiger partial charge in [-0.1, -0.05) is 41.4 Å². The highest BCUT2D eigenvalue weighted by molar-refractivity contribution is 7.80. The summed E-state index contributed by atoms with van der Waals surface area (Å²) in [4.78, 5) is 15.6. The molecule has 0 amide bonds. The van der Waals surface area contributed by atoms with Gasteiger partial charge < -0.3 is 5.32 Å². The van der Waals surface area contributed by atoms with E-state index in [1.165, 1.54) is 6.92 Å². The predicted octanol–water partition coefficient (Wildman–Crippen LogP) is 4.64. The first-order valence-electron chi connectivity index (χ1n) is 7.93. The van der Waals surface area contributed by atoms with E-state index in [-0.39, 0.29) is 5.78 Å². The van der Waals surface area contributed by atoms with Crippen LogP contribution in [0.5, 0.6) is 0 Å². The number of hydrogen-bond acceptors (Lipinski definition) is 4. The van der Waals surface area contributed by atoms with E-state index in [9.17, 15) is 4.79 Å². The van der Waals surface area contributed by atoms with Crippen LogP contribution in [-0.4, -0.2) is 25.7 Å². The SMILES string of the molecule is CC(=O)c1cccc(NC(=S)Nc2ncn(Cc3ccc(Cl)cc3Cl)n2)c1. The Bertz CT molecular complexity index is 1000. The molecular weight excluding hydrogens is 405 g/mol. The van der Waals surface area contributed by atoms with Crippen LogP contribution >= 0.6 is 35.4 Å². The van der Waals surface area contributed by atoms with Gasteiger partial charge in [0.1, 0.15) is 6.33 Å². The lowest BCUT2D eigenvalue weighted by molar-refractivity contribution is 0.101. The standard InChI is InChI=1S/C18H15Cl2N5OS/c1-11(26)12-3-2-4-15(7-12)22-18(27)23-17-21-10-25(24-17)9-13-5-6-14(19)8-16(13)20/h2-8,10H,9H2,1H3,(H2,22,23,24,27). The van der Waals surface area contributed by atoms with Crippen LogP contribution in [0.3, 0.4) is 0 Å². The molecule has 2 N–H and O–H groups in total. The average Bonchev–Trinajstić information content (AvgIpc) is 3.04. The van der Waals surface area contributed by atoms with Gasteiger partial charge in [-0.05, 0) is 49.0 Å². The lowest BCUT2D eigenvalue weighted by Gasteiger charge is -2.09. The van der Waals surface area contributed by atoms with Crippen LogP contribution in [0.15, 0.2) is 48.8 Å². The van der Waals surface area contributed by atoms with Crippen molar-refractivity contribution in [2.45, 2.75) is 13.5 Å². The van der Waals surface area contributed by atoms with Gasteiger partial charge in [-0.3, -0.25) is 10.1 Å². The largest absolute Gasteiger partial charge is 0.332 e. The number of Topliss-reactive ketones (excluding diaryl/α,β-unsaturated/α-hetero) is 1. The lowest BCUT2D eigenvalue weighted by atomic mass is 10.1. The number of nitrogens with one attached hydrogen (secondary N) is 2. The first-order valence-corrected chi connectivity index (χ1v) is 9.09. The lowest BCUT2D eigenvalue weighted by Crippen LogP contribution is -2.20. The van der Waals surface area contributed by atoms with E-state index in [1.54, 1.807) is 41.3 Å². The van der Waals surface area contributed by atoms with Gasteiger partial charge in [0, 0.05) is 21.3 Å². The fourth-order valence-electron chi connectivity index (χ4n) is 2.33. The zero-order chi connectivity index (χ0) is 19.4. The second kappa shape index (κ2) is 8.47. The molecule has 0 aliphatic carbocycles. The number of nitrogens with zero attached hydrogens (tertiary/aromatic N) is 3. The smallest absolute Gasteiger partial charge is 0.248 e. The Balaban J connectivity index is 1.62. The molecule has 3 rings (SSSR count). The molecule has 1 aromatic heterocycles. The molecule has 2 aromatic carbocycles. The van der Waals surface area contributed by atoms with E-state index in [1.807, 2.05) is 12.1 Å². The van der Waals surface area contributed by atoms with Crippen molar-refractivity contribution in [3.8, 4) is 0 Å². The fraction of sp³-hybridized carbons (Fsp3) is 0.111. The molecule has 0 spiro atoms. The summed E-state index contributed by atoms with van der Waals surface area (Å²) < 4.78 is 1.64. The number of ketones is 1. The van der Waals surface area contributed by atoms with Crippen molar-refractivity contribution in [2.75, 3.05) is 10.6 Å². The number of benzene rings is 2. The van der Waals surface area contributed by atoms with Crippen LogP contribution in [0.25, 0.3) is 0 Å². The Kier molecular flexibility index (Phi) is 6.05. The second-order valence-corrected chi connectivity index (χ2v) is 6.97. The van der Waals surface area contributed by atoms with Gasteiger partial charge in [-0.25, -0.2) is 9.67 Å². The molecule has 6 nitrogen and oxygen atoms in total. The van der Waals surface area contributed by atoms with Crippen LogP contribution in [0.2, 0.25) is 10.0 Å². The van der Waals surface area contributed by atoms with Crippen LogP contribution in [-0.2, 0) is 6.54 Å². The molecule has 9 heteroatoms. The molecule has 0 saturated carbocycles. The van der Waals surface area contributed by atoms with Gasteiger partial charge in [0.05, 0.1) is 6.54 Å². The number of carbonyl (C=O) groups excluding carboxylic acids is 1. The van der Waals surface area contributed by atoms with Crippen LogP contribution in [0.1, 0.15) is 22.8 Å². The highest BCUT2D eigenvalue weighted by Crippen LogP contribution is 2.21. The molecule has 0 atom stereocenters. The average molecular weight is 420 g/mol. The zero-order valence-electron chi connectivity index (χ0n) is 14.2. The molecule has 0 fully saturated rings. The third-order valence-electron chi connectivity index (χ3n) is 3.64. The minimum Gasteiger partial charge on any atom is -0.332 e. The Labute approximate surface area is 171 Å². The normalized spacial score (nSPS) is 10.5. The molecule has 138 valence electrons. The summed E-state index contributed by atoms with van der Waals surface area (Å²) in [5.41, 5.74) is 2.18. The summed E-state index contributed by atoms with van der Waals surface area (Å²) in [6.07, 6.45) is 1.58. The first kappa shape index (κ1) is 19.3. The highest BCUT2D eigenvalue weighted by atomic mass is 35.5. The van der Waals surface area contributed by atoms with Gasteiger partial charge in [-0.15, -0.1) is 5.10 Å². The summed E-state index contributed by atoms with van der Waals surface area (Å²) >= 11 is 17.4. The Hall–Kier alpha value is -2.48. The van der Waals surface area contributed by atoms with E-state index >= 15 is 0 Å². The van der Waals surface area contributed by atoms with Crippen molar-refractivity contribution in [3.63, 3.8) is 0 Å². The van der Waals surface area contributed by atoms with Crippen molar-refractivity contribution in [1.82, 2.24) is 14.8 Å². The Morgan fingerprint density at radius 1 is 1.19 bits per heavy atom. The molecule has 0 aliphatic heterocycles. The molecular formula is C18H15Cl2N5OS. The van der Waals surface area contributed by atoms with E-state index < -0.39 is 0 Å². The number of anilines is 2. The summed E-state index contributed by atoms with van der Waals surface area (Å²) in [5.74, 6) is 0.333. The summed E-state index contributed by atoms with van der Waals surface area (Å²) in [5, 5.41) is 11.7. The number of carbonyl (C=O) groups is 1. The van der Waals surface area contributed by atoms with Crippen molar-refractivity contribution < 1.29 is 4.79 Å². The number of rotatable bonds is 5. The van der Waals surface area contributed by atoms with E-state index in [2.05, 4.69) is 20.7 Å². The van der Waals surface area contributed by atoms with Gasteiger partial charge in [0.15, 0.2) is 10.9 Å².